The molecule has 1 amide bonds. The highest BCUT2D eigenvalue weighted by molar-refractivity contribution is 5.80. The van der Waals surface area contributed by atoms with Crippen molar-refractivity contribution in [1.82, 2.24) is 9.80 Å². The summed E-state index contributed by atoms with van der Waals surface area (Å²) in [5.41, 5.74) is 1.30. The van der Waals surface area contributed by atoms with E-state index in [1.165, 1.54) is 37.7 Å². The number of piperazine rings is 1. The molecule has 5 fully saturated rings. The molecule has 4 saturated carbocycles. The lowest BCUT2D eigenvalue weighted by molar-refractivity contribution is -0.154. The topological polar surface area (TPSA) is 23.6 Å². The molecule has 1 saturated heterocycles. The number of benzene rings is 1. The second kappa shape index (κ2) is 6.12. The smallest absolute Gasteiger partial charge is 0.226 e. The molecule has 1 aromatic carbocycles. The van der Waals surface area contributed by atoms with E-state index in [0.29, 0.717) is 23.7 Å². The minimum Gasteiger partial charge on any atom is -0.333 e. The standard InChI is InChI=1S/C22H30N2O/c1-23-7-8-24(20(14-23)17-5-3-2-4-6-17)22(25)21-18-10-15-9-16(12-18)13-19(21)11-15/h2-6,15-16,18-21H,7-14H2,1H3. The highest BCUT2D eigenvalue weighted by Gasteiger charge is 2.52. The average molecular weight is 338 g/mol. The molecule has 1 atom stereocenters. The van der Waals surface area contributed by atoms with Gasteiger partial charge in [0.2, 0.25) is 5.91 Å². The number of hydrogen-bond donors (Lipinski definition) is 0. The van der Waals surface area contributed by atoms with Gasteiger partial charge in [-0.2, -0.15) is 0 Å². The van der Waals surface area contributed by atoms with Gasteiger partial charge in [-0.3, -0.25) is 4.79 Å². The van der Waals surface area contributed by atoms with Gasteiger partial charge in [-0.05, 0) is 68.4 Å². The Hall–Kier alpha value is -1.35. The van der Waals surface area contributed by atoms with Gasteiger partial charge >= 0.3 is 0 Å². The Morgan fingerprint density at radius 2 is 1.56 bits per heavy atom. The van der Waals surface area contributed by atoms with Gasteiger partial charge in [-0.1, -0.05) is 30.3 Å². The third-order valence-electron chi connectivity index (χ3n) is 7.56. The van der Waals surface area contributed by atoms with Gasteiger partial charge < -0.3 is 9.80 Å². The Balaban J connectivity index is 1.41. The molecule has 0 aromatic heterocycles. The van der Waals surface area contributed by atoms with E-state index in [1.807, 2.05) is 0 Å². The predicted octanol–water partition coefficient (Wildman–Crippen LogP) is 3.57. The van der Waals surface area contributed by atoms with Gasteiger partial charge in [0, 0.05) is 25.6 Å². The van der Waals surface area contributed by atoms with Crippen LogP contribution in [0.25, 0.3) is 0 Å². The SMILES string of the molecule is CN1CCN(C(=O)C2C3CC4CC(C3)CC2C4)C(c2ccccc2)C1. The summed E-state index contributed by atoms with van der Waals surface area (Å²) >= 11 is 0. The van der Waals surface area contributed by atoms with Crippen LogP contribution >= 0.6 is 0 Å². The molecule has 6 rings (SSSR count). The molecule has 0 spiro atoms. The number of likely N-dealkylation sites (N-methyl/N-ethyl adjacent to an activating group) is 1. The van der Waals surface area contributed by atoms with E-state index in [4.69, 9.17) is 0 Å². The van der Waals surface area contributed by atoms with Crippen LogP contribution in [0.5, 0.6) is 0 Å². The van der Waals surface area contributed by atoms with Crippen molar-refractivity contribution in [2.45, 2.75) is 38.1 Å². The summed E-state index contributed by atoms with van der Waals surface area (Å²) in [7, 11) is 2.18. The maximum atomic E-state index is 13.7. The van der Waals surface area contributed by atoms with Gasteiger partial charge in [-0.15, -0.1) is 0 Å². The van der Waals surface area contributed by atoms with Crippen molar-refractivity contribution in [3.8, 4) is 0 Å². The fourth-order valence-electron chi connectivity index (χ4n) is 6.66. The molecule has 25 heavy (non-hydrogen) atoms. The Morgan fingerprint density at radius 3 is 2.20 bits per heavy atom. The summed E-state index contributed by atoms with van der Waals surface area (Å²) in [5, 5.41) is 0. The van der Waals surface area contributed by atoms with Gasteiger partial charge in [0.15, 0.2) is 0 Å². The number of carbonyl (C=O) groups excluding carboxylic acids is 1. The zero-order valence-electron chi connectivity index (χ0n) is 15.3. The first-order valence-corrected chi connectivity index (χ1v) is 10.2. The Labute approximate surface area is 151 Å². The van der Waals surface area contributed by atoms with Gasteiger partial charge in [-0.25, -0.2) is 0 Å². The molecule has 0 radical (unpaired) electrons. The minimum atomic E-state index is 0.227. The quantitative estimate of drug-likeness (QED) is 0.823. The molecule has 3 heteroatoms. The maximum Gasteiger partial charge on any atom is 0.226 e. The minimum absolute atomic E-state index is 0.227. The summed E-state index contributed by atoms with van der Waals surface area (Å²) in [6, 6.07) is 10.9. The summed E-state index contributed by atoms with van der Waals surface area (Å²) in [5.74, 6) is 4.03. The van der Waals surface area contributed by atoms with E-state index < -0.39 is 0 Å². The van der Waals surface area contributed by atoms with Crippen molar-refractivity contribution >= 4 is 5.91 Å². The molecule has 4 bridgehead atoms. The largest absolute Gasteiger partial charge is 0.333 e. The number of nitrogens with zero attached hydrogens (tertiary/aromatic N) is 2. The van der Waals surface area contributed by atoms with Crippen LogP contribution in [0, 0.1) is 29.6 Å². The van der Waals surface area contributed by atoms with Crippen molar-refractivity contribution < 1.29 is 4.79 Å². The molecule has 5 aliphatic rings. The summed E-state index contributed by atoms with van der Waals surface area (Å²) in [6.45, 7) is 2.85. The zero-order valence-corrected chi connectivity index (χ0v) is 15.3. The normalized spacial score (nSPS) is 40.4. The number of amides is 1. The number of rotatable bonds is 2. The van der Waals surface area contributed by atoms with E-state index in [1.54, 1.807) is 0 Å². The molecule has 1 aliphatic heterocycles. The van der Waals surface area contributed by atoms with Crippen LogP contribution < -0.4 is 0 Å². The summed E-state index contributed by atoms with van der Waals surface area (Å²) in [6.07, 6.45) is 6.76. The third-order valence-corrected chi connectivity index (χ3v) is 7.56. The third kappa shape index (κ3) is 2.71. The van der Waals surface area contributed by atoms with E-state index in [0.717, 1.165) is 31.5 Å². The van der Waals surface area contributed by atoms with Crippen LogP contribution in [-0.4, -0.2) is 42.4 Å². The monoisotopic (exact) mass is 338 g/mol. The van der Waals surface area contributed by atoms with Crippen LogP contribution in [-0.2, 0) is 4.79 Å². The van der Waals surface area contributed by atoms with Crippen LogP contribution in [0.4, 0.5) is 0 Å². The van der Waals surface area contributed by atoms with Crippen molar-refractivity contribution in [1.29, 1.82) is 0 Å². The molecule has 1 unspecified atom stereocenters. The highest BCUT2D eigenvalue weighted by Crippen LogP contribution is 2.57. The lowest BCUT2D eigenvalue weighted by Crippen LogP contribution is -2.56. The second-order valence-corrected chi connectivity index (χ2v) is 9.18. The van der Waals surface area contributed by atoms with Crippen molar-refractivity contribution in [3.05, 3.63) is 35.9 Å². The Kier molecular flexibility index (Phi) is 3.89. The zero-order chi connectivity index (χ0) is 17.0. The van der Waals surface area contributed by atoms with Crippen molar-refractivity contribution in [3.63, 3.8) is 0 Å². The van der Waals surface area contributed by atoms with Crippen molar-refractivity contribution in [2.75, 3.05) is 26.7 Å². The maximum absolute atomic E-state index is 13.7. The Morgan fingerprint density at radius 1 is 0.920 bits per heavy atom. The first kappa shape index (κ1) is 15.9. The van der Waals surface area contributed by atoms with Gasteiger partial charge in [0.1, 0.15) is 0 Å². The van der Waals surface area contributed by atoms with Crippen LogP contribution in [0.2, 0.25) is 0 Å². The number of hydrogen-bond acceptors (Lipinski definition) is 2. The van der Waals surface area contributed by atoms with Crippen LogP contribution in [0.15, 0.2) is 30.3 Å². The van der Waals surface area contributed by atoms with E-state index in [9.17, 15) is 4.79 Å². The van der Waals surface area contributed by atoms with E-state index >= 15 is 0 Å². The first-order chi connectivity index (χ1) is 12.2. The van der Waals surface area contributed by atoms with Crippen molar-refractivity contribution in [2.24, 2.45) is 29.6 Å². The molecule has 3 nitrogen and oxygen atoms in total. The summed E-state index contributed by atoms with van der Waals surface area (Å²) < 4.78 is 0. The van der Waals surface area contributed by atoms with E-state index in [2.05, 4.69) is 47.2 Å². The molecule has 134 valence electrons. The molecule has 0 N–H and O–H groups in total. The van der Waals surface area contributed by atoms with Gasteiger partial charge in [0.05, 0.1) is 6.04 Å². The van der Waals surface area contributed by atoms with Crippen LogP contribution in [0.3, 0.4) is 0 Å². The lowest BCUT2D eigenvalue weighted by Gasteiger charge is -2.55. The predicted molar refractivity (Wildman–Crippen MR) is 98.9 cm³/mol. The lowest BCUT2D eigenvalue weighted by atomic mass is 9.51. The Bertz CT molecular complexity index is 615. The highest BCUT2D eigenvalue weighted by atomic mass is 16.2. The van der Waals surface area contributed by atoms with Gasteiger partial charge in [0.25, 0.3) is 0 Å². The fraction of sp³-hybridized carbons (Fsp3) is 0.682. The van der Waals surface area contributed by atoms with E-state index in [-0.39, 0.29) is 6.04 Å². The van der Waals surface area contributed by atoms with Crippen LogP contribution in [0.1, 0.15) is 43.7 Å². The molecular weight excluding hydrogens is 308 g/mol. The first-order valence-electron chi connectivity index (χ1n) is 10.2. The molecule has 1 heterocycles. The molecular formula is C22H30N2O. The molecule has 1 aromatic rings. The second-order valence-electron chi connectivity index (χ2n) is 9.18. The summed E-state index contributed by atoms with van der Waals surface area (Å²) in [4.78, 5) is 18.3. The molecule has 4 aliphatic carbocycles. The fourth-order valence-corrected chi connectivity index (χ4v) is 6.66. The number of carbonyl (C=O) groups is 1. The average Bonchev–Trinajstić information content (AvgIpc) is 2.61.